The van der Waals surface area contributed by atoms with Crippen molar-refractivity contribution in [2.45, 2.75) is 38.6 Å². The topological polar surface area (TPSA) is 55.4 Å². The predicted octanol–water partition coefficient (Wildman–Crippen LogP) is 2.54. The molecule has 1 heterocycles. The molecule has 1 atom stereocenters. The Morgan fingerprint density at radius 1 is 1.35 bits per heavy atom. The van der Waals surface area contributed by atoms with E-state index in [1.807, 2.05) is 32.0 Å². The maximum absolute atomic E-state index is 11.7. The molecule has 1 aromatic carbocycles. The fourth-order valence-electron chi connectivity index (χ4n) is 2.58. The van der Waals surface area contributed by atoms with Gasteiger partial charge in [-0.15, -0.1) is 0 Å². The minimum absolute atomic E-state index is 0.0421. The van der Waals surface area contributed by atoms with Crippen LogP contribution in [0, 0.1) is 5.92 Å². The number of nitrogens with one attached hydrogen (secondary N) is 1. The molecule has 1 N–H and O–H groups in total. The summed E-state index contributed by atoms with van der Waals surface area (Å²) in [4.78, 5) is 23.4. The Hall–Kier alpha value is -1.84. The molecule has 0 saturated carbocycles. The van der Waals surface area contributed by atoms with Crippen LogP contribution in [-0.4, -0.2) is 24.0 Å². The van der Waals surface area contributed by atoms with Crippen LogP contribution in [0.5, 0.6) is 0 Å². The van der Waals surface area contributed by atoms with E-state index < -0.39 is 0 Å². The fourth-order valence-corrected chi connectivity index (χ4v) is 2.58. The van der Waals surface area contributed by atoms with Gasteiger partial charge in [0, 0.05) is 11.5 Å². The summed E-state index contributed by atoms with van der Waals surface area (Å²) in [6, 6.07) is 8.94. The van der Waals surface area contributed by atoms with Crippen molar-refractivity contribution in [1.29, 1.82) is 0 Å². The molecule has 0 spiro atoms. The number of benzene rings is 1. The molecule has 1 aliphatic heterocycles. The van der Waals surface area contributed by atoms with E-state index in [9.17, 15) is 9.59 Å². The van der Waals surface area contributed by atoms with Gasteiger partial charge in [-0.1, -0.05) is 18.2 Å². The molecule has 1 unspecified atom stereocenters. The van der Waals surface area contributed by atoms with Gasteiger partial charge in [0.15, 0.2) is 0 Å². The summed E-state index contributed by atoms with van der Waals surface area (Å²) in [5, 5.41) is 2.97. The third-order valence-electron chi connectivity index (χ3n) is 3.53. The zero-order valence-electron chi connectivity index (χ0n) is 12.0. The first-order chi connectivity index (χ1) is 9.48. The summed E-state index contributed by atoms with van der Waals surface area (Å²) in [6.07, 6.45) is 2.32. The highest BCUT2D eigenvalue weighted by atomic mass is 16.5. The predicted molar refractivity (Wildman–Crippen MR) is 76.3 cm³/mol. The van der Waals surface area contributed by atoms with Crippen LogP contribution in [-0.2, 0) is 9.53 Å². The summed E-state index contributed by atoms with van der Waals surface area (Å²) in [5.41, 5.74) is 0.454. The van der Waals surface area contributed by atoms with Crippen LogP contribution >= 0.6 is 0 Å². The van der Waals surface area contributed by atoms with Crippen LogP contribution in [0.2, 0.25) is 0 Å². The van der Waals surface area contributed by atoms with Gasteiger partial charge >= 0.3 is 5.97 Å². The summed E-state index contributed by atoms with van der Waals surface area (Å²) in [7, 11) is 0. The Bertz CT molecular complexity index is 482. The largest absolute Gasteiger partial charge is 0.462 e. The van der Waals surface area contributed by atoms with Crippen LogP contribution in [0.15, 0.2) is 30.3 Å². The molecule has 0 bridgehead atoms. The second kappa shape index (κ2) is 6.07. The van der Waals surface area contributed by atoms with E-state index in [-0.39, 0.29) is 23.3 Å². The minimum atomic E-state index is -0.304. The van der Waals surface area contributed by atoms with E-state index in [4.69, 9.17) is 4.74 Å². The molecule has 0 radical (unpaired) electrons. The molecule has 0 aliphatic carbocycles. The number of esters is 1. The van der Waals surface area contributed by atoms with Gasteiger partial charge in [0.25, 0.3) is 0 Å². The average Bonchev–Trinajstić information content (AvgIpc) is 2.68. The Labute approximate surface area is 119 Å². The lowest BCUT2D eigenvalue weighted by atomic mass is 9.93. The number of carbonyl (C=O) groups is 2. The van der Waals surface area contributed by atoms with Crippen LogP contribution < -0.4 is 5.32 Å². The smallest absolute Gasteiger partial charge is 0.338 e. The standard InChI is InChI=1S/C16H21NO3/c1-16(2)11-13(14(18)17-16)9-6-10-20-15(19)12-7-4-3-5-8-12/h3-5,7-8,13H,6,9-11H2,1-2H3,(H,17,18). The number of ether oxygens (including phenoxy) is 1. The van der Waals surface area contributed by atoms with Crippen molar-refractivity contribution in [3.63, 3.8) is 0 Å². The highest BCUT2D eigenvalue weighted by Gasteiger charge is 2.36. The molecule has 20 heavy (non-hydrogen) atoms. The zero-order valence-corrected chi connectivity index (χ0v) is 12.0. The van der Waals surface area contributed by atoms with Crippen molar-refractivity contribution in [2.24, 2.45) is 5.92 Å². The first kappa shape index (κ1) is 14.6. The molecule has 1 aliphatic rings. The average molecular weight is 275 g/mol. The SMILES string of the molecule is CC1(C)CC(CCCOC(=O)c2ccccc2)C(=O)N1. The number of amides is 1. The fraction of sp³-hybridized carbons (Fsp3) is 0.500. The molecule has 1 aromatic rings. The van der Waals surface area contributed by atoms with Crippen molar-refractivity contribution in [2.75, 3.05) is 6.61 Å². The van der Waals surface area contributed by atoms with E-state index in [1.165, 1.54) is 0 Å². The van der Waals surface area contributed by atoms with E-state index in [0.717, 1.165) is 12.8 Å². The third kappa shape index (κ3) is 3.83. The van der Waals surface area contributed by atoms with E-state index >= 15 is 0 Å². The normalized spacial score (nSPS) is 20.5. The van der Waals surface area contributed by atoms with Crippen molar-refractivity contribution < 1.29 is 14.3 Å². The zero-order chi connectivity index (χ0) is 14.6. The Kier molecular flexibility index (Phi) is 4.42. The van der Waals surface area contributed by atoms with Crippen LogP contribution in [0.25, 0.3) is 0 Å². The van der Waals surface area contributed by atoms with Gasteiger partial charge in [-0.25, -0.2) is 4.79 Å². The molecule has 1 amide bonds. The Morgan fingerprint density at radius 2 is 2.05 bits per heavy atom. The highest BCUT2D eigenvalue weighted by Crippen LogP contribution is 2.27. The lowest BCUT2D eigenvalue weighted by Gasteiger charge is -2.16. The third-order valence-corrected chi connectivity index (χ3v) is 3.53. The molecule has 0 aromatic heterocycles. The maximum atomic E-state index is 11.7. The quantitative estimate of drug-likeness (QED) is 0.663. The van der Waals surface area contributed by atoms with Gasteiger partial charge in [0.1, 0.15) is 0 Å². The number of hydrogen-bond donors (Lipinski definition) is 1. The second-order valence-electron chi connectivity index (χ2n) is 5.92. The van der Waals surface area contributed by atoms with E-state index in [1.54, 1.807) is 12.1 Å². The van der Waals surface area contributed by atoms with Crippen LogP contribution in [0.3, 0.4) is 0 Å². The minimum Gasteiger partial charge on any atom is -0.462 e. The highest BCUT2D eigenvalue weighted by molar-refractivity contribution is 5.89. The number of hydrogen-bond acceptors (Lipinski definition) is 3. The summed E-state index contributed by atoms with van der Waals surface area (Å²) in [6.45, 7) is 4.42. The monoisotopic (exact) mass is 275 g/mol. The van der Waals surface area contributed by atoms with E-state index in [2.05, 4.69) is 5.32 Å². The van der Waals surface area contributed by atoms with Crippen molar-refractivity contribution >= 4 is 11.9 Å². The van der Waals surface area contributed by atoms with Gasteiger partial charge < -0.3 is 10.1 Å². The summed E-state index contributed by atoms with van der Waals surface area (Å²) < 4.78 is 5.20. The maximum Gasteiger partial charge on any atom is 0.338 e. The molecular weight excluding hydrogens is 254 g/mol. The molecule has 1 saturated heterocycles. The second-order valence-corrected chi connectivity index (χ2v) is 5.92. The first-order valence-electron chi connectivity index (χ1n) is 7.02. The Balaban J connectivity index is 1.70. The molecule has 4 heteroatoms. The number of carbonyl (C=O) groups excluding carboxylic acids is 2. The van der Waals surface area contributed by atoms with Crippen LogP contribution in [0.4, 0.5) is 0 Å². The summed E-state index contributed by atoms with van der Waals surface area (Å²) >= 11 is 0. The molecule has 2 rings (SSSR count). The van der Waals surface area contributed by atoms with Gasteiger partial charge in [-0.3, -0.25) is 4.79 Å². The van der Waals surface area contributed by atoms with E-state index in [0.29, 0.717) is 18.6 Å². The Morgan fingerprint density at radius 3 is 2.65 bits per heavy atom. The van der Waals surface area contributed by atoms with Crippen molar-refractivity contribution in [3.8, 4) is 0 Å². The van der Waals surface area contributed by atoms with Gasteiger partial charge in [0.2, 0.25) is 5.91 Å². The number of rotatable bonds is 5. The first-order valence-corrected chi connectivity index (χ1v) is 7.02. The lowest BCUT2D eigenvalue weighted by molar-refractivity contribution is -0.123. The molecular formula is C16H21NO3. The molecule has 4 nitrogen and oxygen atoms in total. The van der Waals surface area contributed by atoms with Gasteiger partial charge in [0.05, 0.1) is 12.2 Å². The van der Waals surface area contributed by atoms with Crippen molar-refractivity contribution in [1.82, 2.24) is 5.32 Å². The summed E-state index contributed by atoms with van der Waals surface area (Å²) in [5.74, 6) is -0.147. The van der Waals surface area contributed by atoms with Gasteiger partial charge in [-0.2, -0.15) is 0 Å². The molecule has 1 fully saturated rings. The lowest BCUT2D eigenvalue weighted by Crippen LogP contribution is -2.34. The van der Waals surface area contributed by atoms with Crippen molar-refractivity contribution in [3.05, 3.63) is 35.9 Å². The van der Waals surface area contributed by atoms with Gasteiger partial charge in [-0.05, 0) is 45.2 Å². The van der Waals surface area contributed by atoms with Crippen LogP contribution in [0.1, 0.15) is 43.5 Å². The molecule has 108 valence electrons.